The van der Waals surface area contributed by atoms with Crippen LogP contribution in [0.25, 0.3) is 0 Å². The maximum atomic E-state index is 13.1. The van der Waals surface area contributed by atoms with Gasteiger partial charge in [0.15, 0.2) is 0 Å². The molecule has 5 rings (SSSR count). The van der Waals surface area contributed by atoms with Crippen LogP contribution in [0.3, 0.4) is 0 Å². The first-order valence-electron chi connectivity index (χ1n) is 15.4. The van der Waals surface area contributed by atoms with Gasteiger partial charge in [-0.1, -0.05) is 17.7 Å². The maximum absolute atomic E-state index is 13.1. The number of rotatable bonds is 5. The number of aliphatic imine (C=N–C) groups is 3. The molecule has 3 heterocycles. The largest absolute Gasteiger partial charge is 0.368 e. The molecule has 1 aromatic carbocycles. The van der Waals surface area contributed by atoms with Crippen molar-refractivity contribution in [3.8, 4) is 6.07 Å². The molecule has 1 unspecified atom stereocenters. The molecule has 0 spiro atoms. The molecule has 1 aromatic rings. The molecule has 2 amide bonds. The van der Waals surface area contributed by atoms with Gasteiger partial charge in [-0.05, 0) is 95.4 Å². The standard InChI is InChI=1S/C33H42N8O2/c1-39-18-15-28(16-19-39)40(2)31(42)25-9-11-27(12-10-25)37-33(35)38-30-29(4-3-17-36-30)24-13-20-41(21-14-24)32(43)26-7-5-23(22-34)6-8-26/h3-4,9-13,17,23,26,28-29H,5-8,14-16,18-21H2,1-2H3,(H2,35,37). The highest BCUT2D eigenvalue weighted by Crippen LogP contribution is 2.31. The average Bonchev–Trinajstić information content (AvgIpc) is 3.05. The second kappa shape index (κ2) is 13.9. The van der Waals surface area contributed by atoms with Crippen molar-refractivity contribution < 1.29 is 9.59 Å². The molecular weight excluding hydrogens is 540 g/mol. The Balaban J connectivity index is 1.20. The van der Waals surface area contributed by atoms with Gasteiger partial charge in [0.05, 0.1) is 17.7 Å². The van der Waals surface area contributed by atoms with Crippen LogP contribution >= 0.6 is 0 Å². The predicted octanol–water partition coefficient (Wildman–Crippen LogP) is 3.94. The predicted molar refractivity (Wildman–Crippen MR) is 169 cm³/mol. The van der Waals surface area contributed by atoms with Gasteiger partial charge >= 0.3 is 0 Å². The third-order valence-electron chi connectivity index (χ3n) is 9.23. The van der Waals surface area contributed by atoms with Gasteiger partial charge in [-0.25, -0.2) is 9.98 Å². The van der Waals surface area contributed by atoms with Gasteiger partial charge in [0, 0.05) is 49.8 Å². The van der Waals surface area contributed by atoms with E-state index in [1.54, 1.807) is 30.5 Å². The van der Waals surface area contributed by atoms with Gasteiger partial charge < -0.3 is 20.4 Å². The third kappa shape index (κ3) is 7.46. The minimum Gasteiger partial charge on any atom is -0.368 e. The number of likely N-dealkylation sites (tertiary alicyclic amines) is 1. The fraction of sp³-hybridized carbons (Fsp3) is 0.515. The number of amides is 2. The Morgan fingerprint density at radius 1 is 1.07 bits per heavy atom. The molecule has 10 heteroatoms. The smallest absolute Gasteiger partial charge is 0.253 e. The normalized spacial score (nSPS) is 26.2. The van der Waals surface area contributed by atoms with Gasteiger partial charge in [-0.3, -0.25) is 9.59 Å². The highest BCUT2D eigenvalue weighted by molar-refractivity contribution is 6.05. The number of carbonyl (C=O) groups is 2. The second-order valence-corrected chi connectivity index (χ2v) is 12.1. The van der Waals surface area contributed by atoms with E-state index in [9.17, 15) is 9.59 Å². The van der Waals surface area contributed by atoms with E-state index in [2.05, 4.69) is 39.1 Å². The Hall–Kier alpha value is -4.10. The molecule has 226 valence electrons. The zero-order chi connectivity index (χ0) is 30.3. The van der Waals surface area contributed by atoms with Crippen LogP contribution in [0.1, 0.15) is 55.3 Å². The molecule has 0 bridgehead atoms. The van der Waals surface area contributed by atoms with Crippen LogP contribution in [-0.2, 0) is 4.79 Å². The number of nitrogens with zero attached hydrogens (tertiary/aromatic N) is 7. The first kappa shape index (κ1) is 30.4. The Morgan fingerprint density at radius 3 is 2.44 bits per heavy atom. The van der Waals surface area contributed by atoms with E-state index in [1.165, 1.54) is 0 Å². The van der Waals surface area contributed by atoms with Gasteiger partial charge in [-0.2, -0.15) is 10.3 Å². The van der Waals surface area contributed by atoms with E-state index in [0.29, 0.717) is 30.2 Å². The molecular formula is C33H42N8O2. The maximum Gasteiger partial charge on any atom is 0.253 e. The lowest BCUT2D eigenvalue weighted by Crippen LogP contribution is -2.44. The van der Waals surface area contributed by atoms with Crippen LogP contribution in [0.4, 0.5) is 5.69 Å². The van der Waals surface area contributed by atoms with Crippen molar-refractivity contribution in [1.29, 1.82) is 5.26 Å². The molecule has 1 saturated carbocycles. The summed E-state index contributed by atoms with van der Waals surface area (Å²) in [6.07, 6.45) is 13.7. The van der Waals surface area contributed by atoms with Crippen LogP contribution < -0.4 is 5.73 Å². The summed E-state index contributed by atoms with van der Waals surface area (Å²) in [6.45, 7) is 3.22. The number of nitriles is 1. The topological polar surface area (TPSA) is 131 Å². The van der Waals surface area contributed by atoms with Gasteiger partial charge in [0.25, 0.3) is 5.91 Å². The van der Waals surface area contributed by atoms with Crippen molar-refractivity contribution in [3.05, 3.63) is 53.6 Å². The Morgan fingerprint density at radius 2 is 1.79 bits per heavy atom. The molecule has 1 saturated heterocycles. The number of allylic oxidation sites excluding steroid dienone is 1. The minimum absolute atomic E-state index is 0.0110. The SMILES string of the molecule is CN1CCC(N(C)C(=O)c2ccc(N=C(N)N=C3N=CC=CC3C3=CCN(C(=O)C4CCC(C#N)CC4)CC3)cc2)CC1. The molecule has 1 atom stereocenters. The van der Waals surface area contributed by atoms with Crippen molar-refractivity contribution in [2.75, 3.05) is 40.3 Å². The Bertz CT molecular complexity index is 1370. The number of hydrogen-bond acceptors (Lipinski definition) is 5. The monoisotopic (exact) mass is 582 g/mol. The fourth-order valence-electron chi connectivity index (χ4n) is 6.43. The first-order valence-corrected chi connectivity index (χ1v) is 15.4. The number of guanidine groups is 1. The summed E-state index contributed by atoms with van der Waals surface area (Å²) in [5.74, 6) is 0.865. The zero-order valence-electron chi connectivity index (χ0n) is 25.2. The van der Waals surface area contributed by atoms with E-state index >= 15 is 0 Å². The summed E-state index contributed by atoms with van der Waals surface area (Å²) >= 11 is 0. The summed E-state index contributed by atoms with van der Waals surface area (Å²) < 4.78 is 0. The van der Waals surface area contributed by atoms with Gasteiger partial charge in [0.1, 0.15) is 5.84 Å². The fourth-order valence-corrected chi connectivity index (χ4v) is 6.43. The molecule has 1 aliphatic carbocycles. The van der Waals surface area contributed by atoms with Gasteiger partial charge in [0.2, 0.25) is 11.9 Å². The van der Waals surface area contributed by atoms with Crippen molar-refractivity contribution in [1.82, 2.24) is 14.7 Å². The lowest BCUT2D eigenvalue weighted by molar-refractivity contribution is -0.136. The summed E-state index contributed by atoms with van der Waals surface area (Å²) in [7, 11) is 4.00. The van der Waals surface area contributed by atoms with Crippen LogP contribution in [-0.4, -0.2) is 90.8 Å². The van der Waals surface area contributed by atoms with E-state index in [4.69, 9.17) is 11.0 Å². The zero-order valence-corrected chi connectivity index (χ0v) is 25.2. The van der Waals surface area contributed by atoms with Crippen molar-refractivity contribution in [2.45, 2.75) is 51.0 Å². The molecule has 4 aliphatic rings. The van der Waals surface area contributed by atoms with Crippen molar-refractivity contribution in [2.24, 2.45) is 38.5 Å². The number of carbonyl (C=O) groups excluding carboxylic acids is 2. The highest BCUT2D eigenvalue weighted by Gasteiger charge is 2.31. The molecule has 43 heavy (non-hydrogen) atoms. The highest BCUT2D eigenvalue weighted by atomic mass is 16.2. The third-order valence-corrected chi connectivity index (χ3v) is 9.23. The Kier molecular flexibility index (Phi) is 9.82. The van der Waals surface area contributed by atoms with E-state index in [1.807, 2.05) is 29.0 Å². The van der Waals surface area contributed by atoms with Crippen LogP contribution in [0, 0.1) is 29.1 Å². The number of amidine groups is 1. The van der Waals surface area contributed by atoms with E-state index in [0.717, 1.165) is 63.6 Å². The first-order chi connectivity index (χ1) is 20.8. The summed E-state index contributed by atoms with van der Waals surface area (Å²) in [4.78, 5) is 45.7. The van der Waals surface area contributed by atoms with Crippen molar-refractivity contribution >= 4 is 35.5 Å². The van der Waals surface area contributed by atoms with Gasteiger partial charge in [-0.15, -0.1) is 0 Å². The summed E-state index contributed by atoms with van der Waals surface area (Å²) in [5.41, 5.74) is 8.64. The number of nitrogens with two attached hydrogens (primary N) is 1. The number of hydrogen-bond donors (Lipinski definition) is 1. The van der Waals surface area contributed by atoms with Crippen LogP contribution in [0.15, 0.2) is 63.0 Å². The summed E-state index contributed by atoms with van der Waals surface area (Å²) in [6, 6.07) is 9.73. The van der Waals surface area contributed by atoms with Crippen LogP contribution in [0.2, 0.25) is 0 Å². The second-order valence-electron chi connectivity index (χ2n) is 12.1. The van der Waals surface area contributed by atoms with E-state index in [-0.39, 0.29) is 41.6 Å². The number of benzene rings is 1. The lowest BCUT2D eigenvalue weighted by atomic mass is 9.81. The Labute approximate surface area is 254 Å². The van der Waals surface area contributed by atoms with E-state index < -0.39 is 0 Å². The minimum atomic E-state index is -0.128. The quantitative estimate of drug-likeness (QED) is 0.319. The molecule has 0 aromatic heterocycles. The molecule has 10 nitrogen and oxygen atoms in total. The lowest BCUT2D eigenvalue weighted by Gasteiger charge is -2.35. The average molecular weight is 583 g/mol. The molecule has 2 N–H and O–H groups in total. The molecule has 3 aliphatic heterocycles. The molecule has 0 radical (unpaired) electrons. The van der Waals surface area contributed by atoms with Crippen molar-refractivity contribution in [3.63, 3.8) is 0 Å². The molecule has 2 fully saturated rings. The van der Waals surface area contributed by atoms with Crippen LogP contribution in [0.5, 0.6) is 0 Å². The summed E-state index contributed by atoms with van der Waals surface area (Å²) in [5, 5.41) is 9.15. The number of dihydropyridines is 1. The number of piperidine rings is 1.